The first-order valence-electron chi connectivity index (χ1n) is 7.28. The Morgan fingerprint density at radius 3 is 2.10 bits per heavy atom. The maximum absolute atomic E-state index is 12.5. The highest BCUT2D eigenvalue weighted by Gasteiger charge is 2.53. The van der Waals surface area contributed by atoms with Crippen LogP contribution in [0, 0.1) is 5.41 Å². The largest absolute Gasteiger partial charge is 0.332 e. The van der Waals surface area contributed by atoms with Crippen LogP contribution in [0.1, 0.15) is 39.0 Å². The van der Waals surface area contributed by atoms with Gasteiger partial charge in [0.05, 0.1) is 0 Å². The lowest BCUT2D eigenvalue weighted by Gasteiger charge is -2.40. The monoisotopic (exact) mass is 292 g/mol. The summed E-state index contributed by atoms with van der Waals surface area (Å²) in [6.45, 7) is 5.75. The zero-order valence-corrected chi connectivity index (χ0v) is 13.1. The molecule has 0 aromatic carbocycles. The Bertz CT molecular complexity index is 444. The number of amides is 4. The predicted molar refractivity (Wildman–Crippen MR) is 81.5 cm³/mol. The molecule has 0 N–H and O–H groups in total. The summed E-state index contributed by atoms with van der Waals surface area (Å²) >= 11 is 0. The number of nitrogens with zero attached hydrogens (tertiary/aromatic N) is 2. The summed E-state index contributed by atoms with van der Waals surface area (Å²) < 4.78 is 0. The number of imide groups is 2. The summed E-state index contributed by atoms with van der Waals surface area (Å²) in [4.78, 5) is 38.9. The summed E-state index contributed by atoms with van der Waals surface area (Å²) in [6, 6.07) is -0.584. The molecule has 1 aliphatic heterocycles. The van der Waals surface area contributed by atoms with Gasteiger partial charge in [-0.15, -0.1) is 6.58 Å². The van der Waals surface area contributed by atoms with Crippen LogP contribution < -0.4 is 0 Å². The molecule has 1 rings (SSSR count). The van der Waals surface area contributed by atoms with Crippen molar-refractivity contribution in [3.8, 4) is 0 Å². The Morgan fingerprint density at radius 1 is 1.05 bits per heavy atom. The molecule has 1 saturated heterocycles. The minimum absolute atomic E-state index is 0.227. The van der Waals surface area contributed by atoms with Crippen LogP contribution in [0.15, 0.2) is 24.8 Å². The van der Waals surface area contributed by atoms with Gasteiger partial charge in [-0.3, -0.25) is 19.4 Å². The highest BCUT2D eigenvalue weighted by Crippen LogP contribution is 2.36. The van der Waals surface area contributed by atoms with E-state index in [4.69, 9.17) is 0 Å². The Morgan fingerprint density at radius 2 is 1.62 bits per heavy atom. The number of hydrogen-bond donors (Lipinski definition) is 0. The van der Waals surface area contributed by atoms with Crippen LogP contribution in [0.3, 0.4) is 0 Å². The Hall–Kier alpha value is -1.91. The molecule has 0 radical (unpaired) electrons. The molecule has 0 atom stereocenters. The zero-order valence-electron chi connectivity index (χ0n) is 13.1. The van der Waals surface area contributed by atoms with Gasteiger partial charge in [-0.1, -0.05) is 38.0 Å². The minimum atomic E-state index is -1.23. The van der Waals surface area contributed by atoms with Crippen molar-refractivity contribution in [1.29, 1.82) is 0 Å². The first-order valence-corrected chi connectivity index (χ1v) is 7.28. The van der Waals surface area contributed by atoms with E-state index in [1.165, 1.54) is 14.1 Å². The number of hydrogen-bond acceptors (Lipinski definition) is 3. The van der Waals surface area contributed by atoms with Gasteiger partial charge in [-0.25, -0.2) is 4.79 Å². The number of unbranched alkanes of at least 4 members (excludes halogenated alkanes) is 2. The standard InChI is InChI=1S/C16H24N2O3/c1-5-7-8-9-10-12-16(11-6-2)13(19)17(3)15(21)18(4)14(16)20/h6,9-10H,2,5,7-8,11-12H2,1,3-4H3/b10-9+. The molecule has 1 aliphatic rings. The Labute approximate surface area is 126 Å². The SMILES string of the molecule is C=CCC1(C/C=C/CCCC)C(=O)N(C)C(=O)N(C)C1=O. The van der Waals surface area contributed by atoms with Crippen LogP contribution >= 0.6 is 0 Å². The van der Waals surface area contributed by atoms with Crippen molar-refractivity contribution in [3.63, 3.8) is 0 Å². The zero-order chi connectivity index (χ0) is 16.0. The van der Waals surface area contributed by atoms with Crippen LogP contribution in [0.2, 0.25) is 0 Å². The van der Waals surface area contributed by atoms with Crippen molar-refractivity contribution < 1.29 is 14.4 Å². The van der Waals surface area contributed by atoms with Gasteiger partial charge in [0.1, 0.15) is 5.41 Å². The average molecular weight is 292 g/mol. The summed E-state index contributed by atoms with van der Waals surface area (Å²) in [7, 11) is 2.82. The van der Waals surface area contributed by atoms with Crippen LogP contribution in [-0.4, -0.2) is 41.7 Å². The lowest BCUT2D eigenvalue weighted by molar-refractivity contribution is -0.156. The molecule has 0 aromatic heterocycles. The third-order valence-corrected chi connectivity index (χ3v) is 3.85. The van der Waals surface area contributed by atoms with E-state index in [2.05, 4.69) is 13.5 Å². The van der Waals surface area contributed by atoms with E-state index < -0.39 is 23.3 Å². The van der Waals surface area contributed by atoms with E-state index in [0.29, 0.717) is 6.42 Å². The number of allylic oxidation sites excluding steroid dienone is 3. The van der Waals surface area contributed by atoms with E-state index in [1.807, 2.05) is 12.2 Å². The third-order valence-electron chi connectivity index (χ3n) is 3.85. The van der Waals surface area contributed by atoms with Crippen molar-refractivity contribution in [2.75, 3.05) is 14.1 Å². The van der Waals surface area contributed by atoms with Crippen molar-refractivity contribution in [1.82, 2.24) is 9.80 Å². The normalized spacial score (nSPS) is 18.7. The summed E-state index contributed by atoms with van der Waals surface area (Å²) in [6.07, 6.45) is 9.04. The van der Waals surface area contributed by atoms with Crippen molar-refractivity contribution in [3.05, 3.63) is 24.8 Å². The molecule has 4 amide bonds. The second-order valence-electron chi connectivity index (χ2n) is 5.40. The molecule has 0 spiro atoms. The van der Waals surface area contributed by atoms with Gasteiger partial charge in [-0.2, -0.15) is 0 Å². The molecule has 5 heteroatoms. The lowest BCUT2D eigenvalue weighted by atomic mass is 9.77. The van der Waals surface area contributed by atoms with Gasteiger partial charge in [0.25, 0.3) is 0 Å². The van der Waals surface area contributed by atoms with Gasteiger partial charge in [-0.05, 0) is 19.3 Å². The molecule has 21 heavy (non-hydrogen) atoms. The Balaban J connectivity index is 3.03. The number of carbonyl (C=O) groups is 3. The van der Waals surface area contributed by atoms with E-state index >= 15 is 0 Å². The summed E-state index contributed by atoms with van der Waals surface area (Å²) in [5.41, 5.74) is -1.23. The van der Waals surface area contributed by atoms with Crippen LogP contribution in [-0.2, 0) is 9.59 Å². The molecular formula is C16H24N2O3. The van der Waals surface area contributed by atoms with Gasteiger partial charge in [0, 0.05) is 14.1 Å². The fourth-order valence-electron chi connectivity index (χ4n) is 2.54. The molecule has 0 saturated carbocycles. The topological polar surface area (TPSA) is 57.7 Å². The Kier molecular flexibility index (Phi) is 5.88. The van der Waals surface area contributed by atoms with Gasteiger partial charge in [0.15, 0.2) is 0 Å². The molecule has 5 nitrogen and oxygen atoms in total. The fourth-order valence-corrected chi connectivity index (χ4v) is 2.54. The van der Waals surface area contributed by atoms with E-state index in [-0.39, 0.29) is 6.42 Å². The van der Waals surface area contributed by atoms with Crippen molar-refractivity contribution >= 4 is 17.8 Å². The van der Waals surface area contributed by atoms with Crippen LogP contribution in [0.25, 0.3) is 0 Å². The maximum atomic E-state index is 12.5. The lowest BCUT2D eigenvalue weighted by Crippen LogP contribution is -2.62. The minimum Gasteiger partial charge on any atom is -0.273 e. The summed E-state index contributed by atoms with van der Waals surface area (Å²) in [5, 5.41) is 0. The summed E-state index contributed by atoms with van der Waals surface area (Å²) in [5.74, 6) is -0.897. The van der Waals surface area contributed by atoms with E-state index in [0.717, 1.165) is 29.1 Å². The molecule has 1 heterocycles. The van der Waals surface area contributed by atoms with Gasteiger partial charge >= 0.3 is 6.03 Å². The average Bonchev–Trinajstić information content (AvgIpc) is 2.48. The smallest absolute Gasteiger partial charge is 0.273 e. The maximum Gasteiger partial charge on any atom is 0.332 e. The van der Waals surface area contributed by atoms with Crippen molar-refractivity contribution in [2.24, 2.45) is 5.41 Å². The predicted octanol–water partition coefficient (Wildman–Crippen LogP) is 2.74. The van der Waals surface area contributed by atoms with E-state index in [9.17, 15) is 14.4 Å². The molecular weight excluding hydrogens is 268 g/mol. The second kappa shape index (κ2) is 7.20. The van der Waals surface area contributed by atoms with Gasteiger partial charge < -0.3 is 0 Å². The number of urea groups is 1. The fraction of sp³-hybridized carbons (Fsp3) is 0.562. The highest BCUT2D eigenvalue weighted by molar-refractivity contribution is 6.18. The van der Waals surface area contributed by atoms with E-state index in [1.54, 1.807) is 6.08 Å². The number of rotatable bonds is 7. The van der Waals surface area contributed by atoms with Crippen LogP contribution in [0.4, 0.5) is 4.79 Å². The molecule has 0 aliphatic carbocycles. The van der Waals surface area contributed by atoms with Gasteiger partial charge in [0.2, 0.25) is 11.8 Å². The molecule has 116 valence electrons. The first-order chi connectivity index (χ1) is 9.92. The van der Waals surface area contributed by atoms with Crippen LogP contribution in [0.5, 0.6) is 0 Å². The molecule has 0 unspecified atom stereocenters. The molecule has 0 bridgehead atoms. The quantitative estimate of drug-likeness (QED) is 0.412. The van der Waals surface area contributed by atoms with Crippen molar-refractivity contribution in [2.45, 2.75) is 39.0 Å². The molecule has 0 aromatic rings. The highest BCUT2D eigenvalue weighted by atomic mass is 16.2. The molecule has 1 fully saturated rings. The second-order valence-corrected chi connectivity index (χ2v) is 5.40. The first kappa shape index (κ1) is 17.1. The number of carbonyl (C=O) groups excluding carboxylic acids is 3. The number of barbiturate groups is 1. The third kappa shape index (κ3) is 3.23.